The van der Waals surface area contributed by atoms with E-state index in [9.17, 15) is 9.59 Å². The molecule has 1 amide bonds. The summed E-state index contributed by atoms with van der Waals surface area (Å²) < 4.78 is 5.80. The molecule has 1 N–H and O–H groups in total. The number of aryl methyl sites for hydroxylation is 2. The molecule has 1 aliphatic rings. The van der Waals surface area contributed by atoms with E-state index in [2.05, 4.69) is 0 Å². The summed E-state index contributed by atoms with van der Waals surface area (Å²) in [6.45, 7) is 4.65. The van der Waals surface area contributed by atoms with Crippen molar-refractivity contribution in [3.8, 4) is 0 Å². The lowest BCUT2D eigenvalue weighted by atomic mass is 9.98. The Kier molecular flexibility index (Phi) is 3.64. The number of carboxylic acid groups (broad SMARTS) is 1. The highest BCUT2D eigenvalue weighted by molar-refractivity contribution is 5.99. The molecule has 1 fully saturated rings. The zero-order chi connectivity index (χ0) is 15.9. The van der Waals surface area contributed by atoms with Crippen LogP contribution in [0, 0.1) is 19.8 Å². The Morgan fingerprint density at radius 2 is 2.09 bits per heavy atom. The van der Waals surface area contributed by atoms with Crippen LogP contribution >= 0.6 is 0 Å². The van der Waals surface area contributed by atoms with E-state index in [1.807, 2.05) is 32.0 Å². The molecule has 1 aromatic heterocycles. The van der Waals surface area contributed by atoms with Crippen molar-refractivity contribution in [3.63, 3.8) is 0 Å². The number of furan rings is 1. The Bertz CT molecular complexity index is 746. The molecule has 5 nitrogen and oxygen atoms in total. The van der Waals surface area contributed by atoms with Gasteiger partial charge in [-0.25, -0.2) is 0 Å². The van der Waals surface area contributed by atoms with E-state index in [1.54, 1.807) is 4.90 Å². The third kappa shape index (κ3) is 2.36. The van der Waals surface area contributed by atoms with Gasteiger partial charge in [0.1, 0.15) is 5.58 Å². The van der Waals surface area contributed by atoms with E-state index >= 15 is 0 Å². The van der Waals surface area contributed by atoms with E-state index in [0.29, 0.717) is 25.1 Å². The first kappa shape index (κ1) is 14.6. The number of likely N-dealkylation sites (tertiary alicyclic amines) is 1. The summed E-state index contributed by atoms with van der Waals surface area (Å²) in [7, 11) is 0. The molecular weight excluding hydrogens is 282 g/mol. The molecule has 3 rings (SSSR count). The Balaban J connectivity index is 1.94. The number of fused-ring (bicyclic) bond motifs is 1. The van der Waals surface area contributed by atoms with Gasteiger partial charge in [0, 0.05) is 24.0 Å². The van der Waals surface area contributed by atoms with Crippen LogP contribution < -0.4 is 0 Å². The van der Waals surface area contributed by atoms with Gasteiger partial charge in [0.15, 0.2) is 5.76 Å². The molecule has 2 aromatic rings. The van der Waals surface area contributed by atoms with Crippen LogP contribution in [-0.4, -0.2) is 35.0 Å². The molecule has 2 heterocycles. The normalized spacial score (nSPS) is 18.6. The SMILES string of the molecule is Cc1c(C(=O)N2CCC[C@@H](C(=O)O)C2)oc2c(C)cccc12. The summed E-state index contributed by atoms with van der Waals surface area (Å²) in [5.74, 6) is -1.20. The van der Waals surface area contributed by atoms with Crippen LogP contribution in [0.3, 0.4) is 0 Å². The average molecular weight is 301 g/mol. The van der Waals surface area contributed by atoms with Gasteiger partial charge >= 0.3 is 5.97 Å². The Hall–Kier alpha value is -2.30. The van der Waals surface area contributed by atoms with Crippen LogP contribution in [0.25, 0.3) is 11.0 Å². The number of benzene rings is 1. The van der Waals surface area contributed by atoms with Gasteiger partial charge in [0.05, 0.1) is 5.92 Å². The third-order valence-corrected chi connectivity index (χ3v) is 4.41. The van der Waals surface area contributed by atoms with Crippen LogP contribution in [0.4, 0.5) is 0 Å². The standard InChI is InChI=1S/C17H19NO4/c1-10-5-3-7-13-11(2)15(22-14(10)13)16(19)18-8-4-6-12(9-18)17(20)21/h3,5,7,12H,4,6,8-9H2,1-2H3,(H,20,21)/t12-/m1/s1. The molecule has 5 heteroatoms. The fourth-order valence-corrected chi connectivity index (χ4v) is 3.09. The van der Waals surface area contributed by atoms with E-state index in [4.69, 9.17) is 9.52 Å². The lowest BCUT2D eigenvalue weighted by molar-refractivity contribution is -0.143. The summed E-state index contributed by atoms with van der Waals surface area (Å²) in [6.07, 6.45) is 1.33. The largest absolute Gasteiger partial charge is 0.481 e. The highest BCUT2D eigenvalue weighted by Crippen LogP contribution is 2.29. The molecule has 116 valence electrons. The minimum absolute atomic E-state index is 0.209. The number of hydrogen-bond acceptors (Lipinski definition) is 3. The molecule has 1 atom stereocenters. The molecule has 0 aliphatic carbocycles. The first-order chi connectivity index (χ1) is 10.5. The molecule has 0 spiro atoms. The van der Waals surface area contributed by atoms with Crippen molar-refractivity contribution in [1.29, 1.82) is 0 Å². The van der Waals surface area contributed by atoms with Crippen LogP contribution in [0.2, 0.25) is 0 Å². The Morgan fingerprint density at radius 3 is 2.77 bits per heavy atom. The first-order valence-corrected chi connectivity index (χ1v) is 7.50. The van der Waals surface area contributed by atoms with E-state index < -0.39 is 11.9 Å². The van der Waals surface area contributed by atoms with Gasteiger partial charge in [-0.1, -0.05) is 18.2 Å². The Labute approximate surface area is 128 Å². The van der Waals surface area contributed by atoms with E-state index in [-0.39, 0.29) is 12.5 Å². The number of carbonyl (C=O) groups is 2. The van der Waals surface area contributed by atoms with Crippen LogP contribution in [0.5, 0.6) is 0 Å². The Morgan fingerprint density at radius 1 is 1.32 bits per heavy atom. The number of piperidine rings is 1. The molecule has 0 unspecified atom stereocenters. The minimum atomic E-state index is -0.838. The summed E-state index contributed by atoms with van der Waals surface area (Å²) in [4.78, 5) is 25.5. The van der Waals surface area contributed by atoms with Crippen molar-refractivity contribution < 1.29 is 19.1 Å². The van der Waals surface area contributed by atoms with Crippen molar-refractivity contribution in [2.24, 2.45) is 5.92 Å². The predicted molar refractivity (Wildman–Crippen MR) is 82.0 cm³/mol. The molecule has 1 saturated heterocycles. The molecular formula is C17H19NO4. The molecule has 0 bridgehead atoms. The second kappa shape index (κ2) is 5.48. The minimum Gasteiger partial charge on any atom is -0.481 e. The topological polar surface area (TPSA) is 70.8 Å². The molecule has 0 saturated carbocycles. The quantitative estimate of drug-likeness (QED) is 0.925. The monoisotopic (exact) mass is 301 g/mol. The van der Waals surface area contributed by atoms with Crippen LogP contribution in [-0.2, 0) is 4.79 Å². The van der Waals surface area contributed by atoms with E-state index in [1.165, 1.54) is 0 Å². The maximum Gasteiger partial charge on any atom is 0.308 e. The number of carbonyl (C=O) groups excluding carboxylic acids is 1. The van der Waals surface area contributed by atoms with Crippen molar-refractivity contribution in [1.82, 2.24) is 4.90 Å². The van der Waals surface area contributed by atoms with Crippen molar-refractivity contribution in [2.75, 3.05) is 13.1 Å². The van der Waals surface area contributed by atoms with E-state index in [0.717, 1.165) is 22.1 Å². The van der Waals surface area contributed by atoms with Gasteiger partial charge in [0.2, 0.25) is 0 Å². The summed E-state index contributed by atoms with van der Waals surface area (Å²) in [5, 5.41) is 10.1. The van der Waals surface area contributed by atoms with Crippen LogP contribution in [0.15, 0.2) is 22.6 Å². The maximum atomic E-state index is 12.7. The second-order valence-electron chi connectivity index (χ2n) is 5.94. The zero-order valence-corrected chi connectivity index (χ0v) is 12.8. The lowest BCUT2D eigenvalue weighted by Gasteiger charge is -2.30. The summed E-state index contributed by atoms with van der Waals surface area (Å²) in [5.41, 5.74) is 2.54. The average Bonchev–Trinajstić information content (AvgIpc) is 2.85. The summed E-state index contributed by atoms with van der Waals surface area (Å²) >= 11 is 0. The van der Waals surface area contributed by atoms with Gasteiger partial charge in [0.25, 0.3) is 5.91 Å². The number of carboxylic acids is 1. The lowest BCUT2D eigenvalue weighted by Crippen LogP contribution is -2.42. The number of rotatable bonds is 2. The van der Waals surface area contributed by atoms with Crippen molar-refractivity contribution in [2.45, 2.75) is 26.7 Å². The van der Waals surface area contributed by atoms with Gasteiger partial charge in [-0.3, -0.25) is 9.59 Å². The summed E-state index contributed by atoms with van der Waals surface area (Å²) in [6, 6.07) is 5.82. The molecule has 0 radical (unpaired) electrons. The highest BCUT2D eigenvalue weighted by atomic mass is 16.4. The molecule has 22 heavy (non-hydrogen) atoms. The number of nitrogens with zero attached hydrogens (tertiary/aromatic N) is 1. The van der Waals surface area contributed by atoms with Gasteiger partial charge in [-0.05, 0) is 32.3 Å². The number of hydrogen-bond donors (Lipinski definition) is 1. The van der Waals surface area contributed by atoms with Crippen LogP contribution in [0.1, 0.15) is 34.5 Å². The van der Waals surface area contributed by atoms with Gasteiger partial charge in [-0.2, -0.15) is 0 Å². The first-order valence-electron chi connectivity index (χ1n) is 7.50. The highest BCUT2D eigenvalue weighted by Gasteiger charge is 2.31. The number of aliphatic carboxylic acids is 1. The maximum absolute atomic E-state index is 12.7. The fourth-order valence-electron chi connectivity index (χ4n) is 3.09. The predicted octanol–water partition coefficient (Wildman–Crippen LogP) is 2.99. The second-order valence-corrected chi connectivity index (χ2v) is 5.94. The number of para-hydroxylation sites is 1. The molecule has 1 aromatic carbocycles. The molecule has 1 aliphatic heterocycles. The van der Waals surface area contributed by atoms with Crippen molar-refractivity contribution in [3.05, 3.63) is 35.1 Å². The smallest absolute Gasteiger partial charge is 0.308 e. The fraction of sp³-hybridized carbons (Fsp3) is 0.412. The van der Waals surface area contributed by atoms with Gasteiger partial charge < -0.3 is 14.4 Å². The third-order valence-electron chi connectivity index (χ3n) is 4.41. The number of amides is 1. The van der Waals surface area contributed by atoms with Gasteiger partial charge in [-0.15, -0.1) is 0 Å². The zero-order valence-electron chi connectivity index (χ0n) is 12.8. The van der Waals surface area contributed by atoms with Crippen molar-refractivity contribution >= 4 is 22.8 Å².